The number of hydrogen-bond donors (Lipinski definition) is 2. The molecule has 0 aliphatic carbocycles. The maximum absolute atomic E-state index is 13.1. The molecule has 0 aromatic heterocycles. The lowest BCUT2D eigenvalue weighted by Gasteiger charge is -2.07. The number of nitrogens with one attached hydrogen (secondary N) is 1. The van der Waals surface area contributed by atoms with Crippen LogP contribution in [0.25, 0.3) is 0 Å². The van der Waals surface area contributed by atoms with Crippen LogP contribution in [0.3, 0.4) is 0 Å². The quantitative estimate of drug-likeness (QED) is 0.854. The topological polar surface area (TPSA) is 55.1 Å². The van der Waals surface area contributed by atoms with Crippen molar-refractivity contribution in [3.63, 3.8) is 0 Å². The molecule has 2 rings (SSSR count). The van der Waals surface area contributed by atoms with Crippen LogP contribution in [-0.4, -0.2) is 10.9 Å². The summed E-state index contributed by atoms with van der Waals surface area (Å²) < 4.78 is 26.1. The molecule has 0 saturated carbocycles. The van der Waals surface area contributed by atoms with E-state index in [-0.39, 0.29) is 5.56 Å². The Morgan fingerprint density at radius 2 is 1.67 bits per heavy atom. The largest absolute Gasteiger partial charge is 0.393 e. The first-order valence-corrected chi connectivity index (χ1v) is 6.49. The van der Waals surface area contributed by atoms with Crippen molar-refractivity contribution in [2.75, 3.05) is 5.32 Å². The molecule has 3 N–H and O–H groups in total. The Morgan fingerprint density at radius 3 is 2.19 bits per heavy atom. The fourth-order valence-corrected chi connectivity index (χ4v) is 1.96. The molecule has 1 amide bonds. The Balaban J connectivity index is 2.10. The number of amides is 1. The number of benzene rings is 2. The zero-order valence-corrected chi connectivity index (χ0v) is 11.7. The molecule has 21 heavy (non-hydrogen) atoms. The summed E-state index contributed by atoms with van der Waals surface area (Å²) in [5, 5.41) is 2.56. The van der Waals surface area contributed by atoms with Crippen LogP contribution in [0.5, 0.6) is 0 Å². The first-order chi connectivity index (χ1) is 9.94. The number of hydrogen-bond acceptors (Lipinski definition) is 2. The van der Waals surface area contributed by atoms with Crippen molar-refractivity contribution in [1.82, 2.24) is 0 Å². The molecule has 0 atom stereocenters. The van der Waals surface area contributed by atoms with Crippen LogP contribution >= 0.6 is 12.2 Å². The van der Waals surface area contributed by atoms with Gasteiger partial charge in [0.05, 0.1) is 4.99 Å². The van der Waals surface area contributed by atoms with Gasteiger partial charge in [0.15, 0.2) is 0 Å². The van der Waals surface area contributed by atoms with Crippen LogP contribution < -0.4 is 11.1 Å². The zero-order chi connectivity index (χ0) is 15.4. The molecule has 0 saturated heterocycles. The molecule has 3 nitrogen and oxygen atoms in total. The average molecular weight is 306 g/mol. The monoisotopic (exact) mass is 306 g/mol. The third kappa shape index (κ3) is 4.32. The van der Waals surface area contributed by atoms with Gasteiger partial charge in [0.2, 0.25) is 0 Å². The first kappa shape index (κ1) is 15.1. The van der Waals surface area contributed by atoms with Crippen molar-refractivity contribution in [2.24, 2.45) is 5.73 Å². The van der Waals surface area contributed by atoms with E-state index >= 15 is 0 Å². The standard InChI is InChI=1S/C15H12F2N2OS/c16-11-6-10(7-12(17)8-11)15(20)19-13-3-1-9(2-4-13)5-14(18)21/h1-4,6-8H,5H2,(H2,18,21)(H,19,20). The van der Waals surface area contributed by atoms with Crippen LogP contribution in [0, 0.1) is 11.6 Å². The van der Waals surface area contributed by atoms with Crippen LogP contribution in [0.2, 0.25) is 0 Å². The summed E-state index contributed by atoms with van der Waals surface area (Å²) in [6, 6.07) is 9.52. The van der Waals surface area contributed by atoms with Crippen molar-refractivity contribution in [1.29, 1.82) is 0 Å². The molecule has 0 heterocycles. The molecule has 0 bridgehead atoms. The highest BCUT2D eigenvalue weighted by molar-refractivity contribution is 7.80. The minimum Gasteiger partial charge on any atom is -0.393 e. The summed E-state index contributed by atoms with van der Waals surface area (Å²) in [6.07, 6.45) is 0.471. The smallest absolute Gasteiger partial charge is 0.255 e. The summed E-state index contributed by atoms with van der Waals surface area (Å²) in [5.74, 6) is -2.19. The van der Waals surface area contributed by atoms with Crippen LogP contribution in [0.1, 0.15) is 15.9 Å². The number of rotatable bonds is 4. The lowest BCUT2D eigenvalue weighted by Crippen LogP contribution is -2.13. The lowest BCUT2D eigenvalue weighted by atomic mass is 10.1. The van der Waals surface area contributed by atoms with Gasteiger partial charge in [-0.3, -0.25) is 4.79 Å². The van der Waals surface area contributed by atoms with Crippen molar-refractivity contribution in [2.45, 2.75) is 6.42 Å². The highest BCUT2D eigenvalue weighted by atomic mass is 32.1. The molecular weight excluding hydrogens is 294 g/mol. The predicted octanol–water partition coefficient (Wildman–Crippen LogP) is 3.05. The molecular formula is C15H12F2N2OS. The Bertz CT molecular complexity index is 666. The van der Waals surface area contributed by atoms with Crippen LogP contribution in [-0.2, 0) is 6.42 Å². The summed E-state index contributed by atoms with van der Waals surface area (Å²) in [6.45, 7) is 0. The van der Waals surface area contributed by atoms with E-state index in [0.29, 0.717) is 23.2 Å². The SMILES string of the molecule is NC(=S)Cc1ccc(NC(=O)c2cc(F)cc(F)c2)cc1. The molecule has 6 heteroatoms. The van der Waals surface area contributed by atoms with E-state index in [1.165, 1.54) is 0 Å². The Hall–Kier alpha value is -2.34. The minimum absolute atomic E-state index is 0.0836. The maximum atomic E-state index is 13.1. The van der Waals surface area contributed by atoms with Gasteiger partial charge in [-0.25, -0.2) is 8.78 Å². The highest BCUT2D eigenvalue weighted by Gasteiger charge is 2.09. The van der Waals surface area contributed by atoms with Crippen molar-refractivity contribution in [3.8, 4) is 0 Å². The molecule has 2 aromatic rings. The summed E-state index contributed by atoms with van der Waals surface area (Å²) in [7, 11) is 0. The van der Waals surface area contributed by atoms with Gasteiger partial charge in [-0.1, -0.05) is 24.4 Å². The second-order valence-electron chi connectivity index (χ2n) is 4.45. The molecule has 0 unspecified atom stereocenters. The third-order valence-electron chi connectivity index (χ3n) is 2.71. The maximum Gasteiger partial charge on any atom is 0.255 e. The van der Waals surface area contributed by atoms with E-state index in [1.54, 1.807) is 24.3 Å². The summed E-state index contributed by atoms with van der Waals surface area (Å²) in [4.78, 5) is 12.3. The molecule has 0 spiro atoms. The average Bonchev–Trinajstić information content (AvgIpc) is 2.39. The van der Waals surface area contributed by atoms with E-state index in [9.17, 15) is 13.6 Å². The Labute approximate surface area is 125 Å². The fraction of sp³-hybridized carbons (Fsp3) is 0.0667. The third-order valence-corrected chi connectivity index (χ3v) is 2.86. The van der Waals surface area contributed by atoms with E-state index in [0.717, 1.165) is 17.7 Å². The molecule has 108 valence electrons. The van der Waals surface area contributed by atoms with Gasteiger partial charge in [0.1, 0.15) is 11.6 Å². The Kier molecular flexibility index (Phi) is 4.59. The van der Waals surface area contributed by atoms with E-state index in [2.05, 4.69) is 5.32 Å². The Morgan fingerprint density at radius 1 is 1.10 bits per heavy atom. The number of anilines is 1. The van der Waals surface area contributed by atoms with Gasteiger partial charge in [-0.05, 0) is 29.8 Å². The lowest BCUT2D eigenvalue weighted by molar-refractivity contribution is 0.102. The van der Waals surface area contributed by atoms with Gasteiger partial charge in [0.25, 0.3) is 5.91 Å². The number of halogens is 2. The highest BCUT2D eigenvalue weighted by Crippen LogP contribution is 2.13. The normalized spacial score (nSPS) is 10.2. The summed E-state index contributed by atoms with van der Waals surface area (Å²) in [5.41, 5.74) is 6.78. The van der Waals surface area contributed by atoms with E-state index < -0.39 is 17.5 Å². The molecule has 2 aromatic carbocycles. The zero-order valence-electron chi connectivity index (χ0n) is 10.9. The number of carbonyl (C=O) groups is 1. The first-order valence-electron chi connectivity index (χ1n) is 6.09. The van der Waals surface area contributed by atoms with Crippen molar-refractivity contribution in [3.05, 3.63) is 65.2 Å². The van der Waals surface area contributed by atoms with E-state index in [4.69, 9.17) is 18.0 Å². The predicted molar refractivity (Wildman–Crippen MR) is 81.2 cm³/mol. The van der Waals surface area contributed by atoms with Gasteiger partial charge in [-0.2, -0.15) is 0 Å². The number of carbonyl (C=O) groups excluding carboxylic acids is 1. The van der Waals surface area contributed by atoms with Crippen LogP contribution in [0.4, 0.5) is 14.5 Å². The van der Waals surface area contributed by atoms with Crippen LogP contribution in [0.15, 0.2) is 42.5 Å². The van der Waals surface area contributed by atoms with Crippen molar-refractivity contribution < 1.29 is 13.6 Å². The second-order valence-corrected chi connectivity index (χ2v) is 4.98. The second kappa shape index (κ2) is 6.41. The fourth-order valence-electron chi connectivity index (χ4n) is 1.80. The molecule has 0 aliphatic rings. The number of thiocarbonyl (C=S) groups is 1. The van der Waals surface area contributed by atoms with Crippen molar-refractivity contribution >= 4 is 28.8 Å². The molecule has 0 radical (unpaired) electrons. The van der Waals surface area contributed by atoms with Gasteiger partial charge < -0.3 is 11.1 Å². The minimum atomic E-state index is -0.799. The van der Waals surface area contributed by atoms with Gasteiger partial charge in [0, 0.05) is 23.7 Å². The number of nitrogens with two attached hydrogens (primary N) is 1. The van der Waals surface area contributed by atoms with E-state index in [1.807, 2.05) is 0 Å². The molecule has 0 aliphatic heterocycles. The summed E-state index contributed by atoms with van der Waals surface area (Å²) >= 11 is 4.81. The van der Waals surface area contributed by atoms with Gasteiger partial charge >= 0.3 is 0 Å². The van der Waals surface area contributed by atoms with Gasteiger partial charge in [-0.15, -0.1) is 0 Å². The molecule has 0 fully saturated rings.